The summed E-state index contributed by atoms with van der Waals surface area (Å²) in [5.74, 6) is 0.168. The van der Waals surface area contributed by atoms with Crippen LogP contribution in [0.25, 0.3) is 0 Å². The van der Waals surface area contributed by atoms with Gasteiger partial charge in [-0.2, -0.15) is 0 Å². The fourth-order valence-corrected chi connectivity index (χ4v) is 1.36. The molecule has 1 atom stereocenters. The van der Waals surface area contributed by atoms with Gasteiger partial charge in [0.25, 0.3) is 0 Å². The minimum Gasteiger partial charge on any atom is -0.490 e. The third kappa shape index (κ3) is 2.66. The molecule has 0 saturated carbocycles. The van der Waals surface area contributed by atoms with Crippen LogP contribution in [-0.2, 0) is 0 Å². The third-order valence-electron chi connectivity index (χ3n) is 2.25. The molecular weight excluding hydrogens is 215 g/mol. The van der Waals surface area contributed by atoms with Gasteiger partial charge in [-0.3, -0.25) is 14.5 Å². The molecule has 0 unspecified atom stereocenters. The van der Waals surface area contributed by atoms with E-state index in [0.29, 0.717) is 5.56 Å². The summed E-state index contributed by atoms with van der Waals surface area (Å²) in [4.78, 5) is 10.2. The molecule has 6 heteroatoms. The molecule has 1 aromatic rings. The highest BCUT2D eigenvalue weighted by Crippen LogP contribution is 2.29. The van der Waals surface area contributed by atoms with Gasteiger partial charge in [-0.15, -0.1) is 0 Å². The molecule has 0 aromatic heterocycles. The molecule has 0 amide bonds. The predicted molar refractivity (Wildman–Crippen MR) is 57.2 cm³/mol. The molecule has 0 aliphatic carbocycles. The maximum atomic E-state index is 12.1. The van der Waals surface area contributed by atoms with E-state index in [1.807, 2.05) is 0 Å². The van der Waals surface area contributed by atoms with Gasteiger partial charge < -0.3 is 10.5 Å². The summed E-state index contributed by atoms with van der Waals surface area (Å²) in [6, 6.07) is 3.85. The molecule has 2 N–H and O–H groups in total. The highest BCUT2D eigenvalue weighted by Gasteiger charge is 2.17. The van der Waals surface area contributed by atoms with Gasteiger partial charge in [-0.25, -0.2) is 0 Å². The Morgan fingerprint density at radius 1 is 1.62 bits per heavy atom. The average Bonchev–Trinajstić information content (AvgIpc) is 2.28. The van der Waals surface area contributed by atoms with Gasteiger partial charge in [-0.05, 0) is 18.1 Å². The zero-order chi connectivity index (χ0) is 12.1. The number of nitro benzene ring substituents is 1. The van der Waals surface area contributed by atoms with E-state index in [2.05, 4.69) is 0 Å². The minimum absolute atomic E-state index is 0.142. The second kappa shape index (κ2) is 5.41. The zero-order valence-corrected chi connectivity index (χ0v) is 8.85. The fourth-order valence-electron chi connectivity index (χ4n) is 1.36. The molecule has 1 aromatic carbocycles. The highest BCUT2D eigenvalue weighted by molar-refractivity contribution is 5.49. The summed E-state index contributed by atoms with van der Waals surface area (Å²) < 4.78 is 16.9. The first-order valence-corrected chi connectivity index (χ1v) is 4.74. The van der Waals surface area contributed by atoms with Crippen LogP contribution < -0.4 is 10.5 Å². The molecule has 5 nitrogen and oxygen atoms in total. The van der Waals surface area contributed by atoms with Crippen LogP contribution in [0.1, 0.15) is 18.0 Å². The number of nitrogens with zero attached hydrogens (tertiary/aromatic N) is 1. The molecule has 1 rings (SSSR count). The number of hydrogen-bond donors (Lipinski definition) is 1. The first-order chi connectivity index (χ1) is 7.60. The van der Waals surface area contributed by atoms with E-state index in [4.69, 9.17) is 10.5 Å². The van der Waals surface area contributed by atoms with Gasteiger partial charge in [0.2, 0.25) is 0 Å². The Hall–Kier alpha value is -1.69. The van der Waals surface area contributed by atoms with Crippen LogP contribution in [0.5, 0.6) is 5.75 Å². The van der Waals surface area contributed by atoms with E-state index >= 15 is 0 Å². The van der Waals surface area contributed by atoms with Crippen molar-refractivity contribution in [2.75, 3.05) is 13.8 Å². The van der Waals surface area contributed by atoms with Crippen molar-refractivity contribution < 1.29 is 14.1 Å². The van der Waals surface area contributed by atoms with Crippen LogP contribution in [0.15, 0.2) is 18.2 Å². The summed E-state index contributed by atoms with van der Waals surface area (Å²) in [6.07, 6.45) is 0.142. The van der Waals surface area contributed by atoms with Gasteiger partial charge >= 0.3 is 5.69 Å². The minimum atomic E-state index is -0.555. The van der Waals surface area contributed by atoms with E-state index in [1.54, 1.807) is 6.07 Å². The van der Waals surface area contributed by atoms with E-state index in [-0.39, 0.29) is 17.9 Å². The van der Waals surface area contributed by atoms with Crippen LogP contribution in [0.3, 0.4) is 0 Å². The monoisotopic (exact) mass is 228 g/mol. The number of nitrogens with two attached hydrogens (primary N) is 1. The molecule has 0 spiro atoms. The molecule has 88 valence electrons. The van der Waals surface area contributed by atoms with Gasteiger partial charge in [0.05, 0.1) is 18.7 Å². The molecule has 0 radical (unpaired) electrons. The summed E-state index contributed by atoms with van der Waals surface area (Å²) in [5.41, 5.74) is 6.04. The van der Waals surface area contributed by atoms with Gasteiger partial charge in [-0.1, -0.05) is 6.07 Å². The number of halogens is 1. The SMILES string of the molecule is COc1ccc([C@@H](N)CCF)cc1[N+](=O)[O-]. The van der Waals surface area contributed by atoms with Crippen LogP contribution in [0.4, 0.5) is 10.1 Å². The Kier molecular flexibility index (Phi) is 4.19. The van der Waals surface area contributed by atoms with Crippen LogP contribution in [-0.4, -0.2) is 18.7 Å². The molecule has 0 saturated heterocycles. The largest absolute Gasteiger partial charge is 0.490 e. The number of hydrogen-bond acceptors (Lipinski definition) is 4. The quantitative estimate of drug-likeness (QED) is 0.617. The van der Waals surface area contributed by atoms with Crippen LogP contribution in [0.2, 0.25) is 0 Å². The molecule has 0 aliphatic heterocycles. The van der Waals surface area contributed by atoms with Crippen molar-refractivity contribution >= 4 is 5.69 Å². The van der Waals surface area contributed by atoms with E-state index in [9.17, 15) is 14.5 Å². The number of methoxy groups -OCH3 is 1. The van der Waals surface area contributed by atoms with Crippen molar-refractivity contribution in [1.29, 1.82) is 0 Å². The Morgan fingerprint density at radius 3 is 2.81 bits per heavy atom. The van der Waals surface area contributed by atoms with Crippen molar-refractivity contribution in [3.05, 3.63) is 33.9 Å². The lowest BCUT2D eigenvalue weighted by Crippen LogP contribution is -2.11. The lowest BCUT2D eigenvalue weighted by atomic mass is 10.0. The Balaban J connectivity index is 3.06. The lowest BCUT2D eigenvalue weighted by molar-refractivity contribution is -0.385. The van der Waals surface area contributed by atoms with Crippen molar-refractivity contribution in [2.24, 2.45) is 5.73 Å². The van der Waals surface area contributed by atoms with Gasteiger partial charge in [0, 0.05) is 12.1 Å². The fraction of sp³-hybridized carbons (Fsp3) is 0.400. The second-order valence-electron chi connectivity index (χ2n) is 3.27. The summed E-state index contributed by atoms with van der Waals surface area (Å²) >= 11 is 0. The summed E-state index contributed by atoms with van der Waals surface area (Å²) in [6.45, 7) is -0.555. The lowest BCUT2D eigenvalue weighted by Gasteiger charge is -2.10. The van der Waals surface area contributed by atoms with Crippen molar-refractivity contribution in [3.8, 4) is 5.75 Å². The van der Waals surface area contributed by atoms with Crippen molar-refractivity contribution in [3.63, 3.8) is 0 Å². The average molecular weight is 228 g/mol. The molecule has 0 heterocycles. The smallest absolute Gasteiger partial charge is 0.311 e. The second-order valence-corrected chi connectivity index (χ2v) is 3.27. The number of alkyl halides is 1. The number of benzene rings is 1. The Bertz CT molecular complexity index is 384. The first kappa shape index (κ1) is 12.4. The maximum absolute atomic E-state index is 12.1. The van der Waals surface area contributed by atoms with Crippen LogP contribution in [0, 0.1) is 10.1 Å². The first-order valence-electron chi connectivity index (χ1n) is 4.74. The number of rotatable bonds is 5. The maximum Gasteiger partial charge on any atom is 0.311 e. The zero-order valence-electron chi connectivity index (χ0n) is 8.85. The highest BCUT2D eigenvalue weighted by atomic mass is 19.1. The number of nitro groups is 1. The standard InChI is InChI=1S/C10H13FN2O3/c1-16-10-3-2-7(8(12)4-5-11)6-9(10)13(14)15/h2-3,6,8H,4-5,12H2,1H3/t8-/m0/s1. The van der Waals surface area contributed by atoms with Crippen LogP contribution >= 0.6 is 0 Å². The third-order valence-corrected chi connectivity index (χ3v) is 2.25. The molecule has 16 heavy (non-hydrogen) atoms. The normalized spacial score (nSPS) is 12.2. The summed E-state index contributed by atoms with van der Waals surface area (Å²) in [7, 11) is 1.35. The topological polar surface area (TPSA) is 78.4 Å². The molecular formula is C10H13FN2O3. The molecule has 0 aliphatic rings. The Labute approximate surface area is 92.2 Å². The van der Waals surface area contributed by atoms with Crippen molar-refractivity contribution in [1.82, 2.24) is 0 Å². The summed E-state index contributed by atoms with van der Waals surface area (Å²) in [5, 5.41) is 10.7. The van der Waals surface area contributed by atoms with Crippen molar-refractivity contribution in [2.45, 2.75) is 12.5 Å². The molecule has 0 bridgehead atoms. The van der Waals surface area contributed by atoms with E-state index < -0.39 is 17.6 Å². The van der Waals surface area contributed by atoms with Gasteiger partial charge in [0.15, 0.2) is 5.75 Å². The predicted octanol–water partition coefficient (Wildman–Crippen LogP) is 1.96. The number of ether oxygens (including phenoxy) is 1. The van der Waals surface area contributed by atoms with E-state index in [0.717, 1.165) is 0 Å². The van der Waals surface area contributed by atoms with E-state index in [1.165, 1.54) is 19.2 Å². The molecule has 0 fully saturated rings. The van der Waals surface area contributed by atoms with Gasteiger partial charge in [0.1, 0.15) is 0 Å². The Morgan fingerprint density at radius 2 is 2.31 bits per heavy atom.